The van der Waals surface area contributed by atoms with Crippen LogP contribution in [-0.4, -0.2) is 18.4 Å². The van der Waals surface area contributed by atoms with E-state index in [1.54, 1.807) is 6.07 Å². The number of hydrogen-bond acceptors (Lipinski definition) is 4. The maximum Gasteiger partial charge on any atom is 0.179 e. The van der Waals surface area contributed by atoms with Crippen LogP contribution in [0.4, 0.5) is 0 Å². The molecule has 0 atom stereocenters. The fraction of sp³-hybridized carbons (Fsp3) is 0.125. The SMILES string of the molecule is COc1c(O)ccc(C=NN)c1Cl. The summed E-state index contributed by atoms with van der Waals surface area (Å²) in [7, 11) is 1.42. The van der Waals surface area contributed by atoms with Crippen LogP contribution in [0.15, 0.2) is 17.2 Å². The van der Waals surface area contributed by atoms with Gasteiger partial charge in [-0.15, -0.1) is 0 Å². The number of phenols is 1. The van der Waals surface area contributed by atoms with E-state index in [0.29, 0.717) is 5.56 Å². The zero-order chi connectivity index (χ0) is 9.84. The molecule has 70 valence electrons. The highest BCUT2D eigenvalue weighted by molar-refractivity contribution is 6.34. The summed E-state index contributed by atoms with van der Waals surface area (Å²) in [6.45, 7) is 0. The number of nitrogens with zero attached hydrogens (tertiary/aromatic N) is 1. The van der Waals surface area contributed by atoms with Crippen molar-refractivity contribution in [2.75, 3.05) is 7.11 Å². The van der Waals surface area contributed by atoms with E-state index >= 15 is 0 Å². The Hall–Kier alpha value is -1.42. The maximum absolute atomic E-state index is 9.30. The fourth-order valence-corrected chi connectivity index (χ4v) is 1.22. The largest absolute Gasteiger partial charge is 0.504 e. The third-order valence-corrected chi connectivity index (χ3v) is 1.91. The number of aromatic hydroxyl groups is 1. The standard InChI is InChI=1S/C8H9ClN2O2/c1-13-8-6(12)3-2-5(4-11-10)7(8)9/h2-4,12H,10H2,1H3. The van der Waals surface area contributed by atoms with Gasteiger partial charge in [0, 0.05) is 5.56 Å². The fourth-order valence-electron chi connectivity index (χ4n) is 0.935. The second-order valence-electron chi connectivity index (χ2n) is 2.30. The Bertz CT molecular complexity index is 339. The second-order valence-corrected chi connectivity index (χ2v) is 2.68. The molecule has 3 N–H and O–H groups in total. The first-order valence-electron chi connectivity index (χ1n) is 3.49. The zero-order valence-electron chi connectivity index (χ0n) is 6.99. The number of hydrazone groups is 1. The molecular formula is C8H9ClN2O2. The first-order chi connectivity index (χ1) is 6.20. The van der Waals surface area contributed by atoms with Crippen LogP contribution in [0.5, 0.6) is 11.5 Å². The van der Waals surface area contributed by atoms with Gasteiger partial charge in [0.05, 0.1) is 18.3 Å². The number of methoxy groups -OCH3 is 1. The maximum atomic E-state index is 9.30. The third-order valence-electron chi connectivity index (χ3n) is 1.52. The summed E-state index contributed by atoms with van der Waals surface area (Å²) in [6, 6.07) is 3.05. The quantitative estimate of drug-likeness (QED) is 0.430. The summed E-state index contributed by atoms with van der Waals surface area (Å²) in [5.74, 6) is 5.18. The third kappa shape index (κ3) is 1.84. The van der Waals surface area contributed by atoms with Crippen LogP contribution >= 0.6 is 11.6 Å². The molecule has 5 heteroatoms. The van der Waals surface area contributed by atoms with Gasteiger partial charge in [-0.3, -0.25) is 0 Å². The smallest absolute Gasteiger partial charge is 0.179 e. The molecule has 0 saturated carbocycles. The first kappa shape index (κ1) is 9.67. The van der Waals surface area contributed by atoms with E-state index in [1.807, 2.05) is 0 Å². The van der Waals surface area contributed by atoms with Gasteiger partial charge in [0.15, 0.2) is 11.5 Å². The van der Waals surface area contributed by atoms with Gasteiger partial charge in [0.25, 0.3) is 0 Å². The number of benzene rings is 1. The lowest BCUT2D eigenvalue weighted by atomic mass is 10.2. The zero-order valence-corrected chi connectivity index (χ0v) is 7.75. The molecule has 0 radical (unpaired) electrons. The number of phenolic OH excluding ortho intramolecular Hbond substituents is 1. The minimum Gasteiger partial charge on any atom is -0.504 e. The van der Waals surface area contributed by atoms with Crippen LogP contribution in [0, 0.1) is 0 Å². The molecule has 0 saturated heterocycles. The van der Waals surface area contributed by atoms with Crippen molar-refractivity contribution >= 4 is 17.8 Å². The highest BCUT2D eigenvalue weighted by Crippen LogP contribution is 2.35. The average molecular weight is 201 g/mol. The molecule has 0 spiro atoms. The van der Waals surface area contributed by atoms with Crippen molar-refractivity contribution in [3.63, 3.8) is 0 Å². The van der Waals surface area contributed by atoms with Gasteiger partial charge >= 0.3 is 0 Å². The van der Waals surface area contributed by atoms with Crippen molar-refractivity contribution in [3.05, 3.63) is 22.7 Å². The summed E-state index contributed by atoms with van der Waals surface area (Å²) in [4.78, 5) is 0. The molecule has 0 unspecified atom stereocenters. The van der Waals surface area contributed by atoms with Crippen molar-refractivity contribution < 1.29 is 9.84 Å². The topological polar surface area (TPSA) is 67.8 Å². The highest BCUT2D eigenvalue weighted by atomic mass is 35.5. The second kappa shape index (κ2) is 4.00. The Morgan fingerprint density at radius 3 is 2.85 bits per heavy atom. The molecule has 13 heavy (non-hydrogen) atoms. The molecule has 1 rings (SSSR count). The van der Waals surface area contributed by atoms with Crippen molar-refractivity contribution in [2.24, 2.45) is 10.9 Å². The Balaban J connectivity index is 3.27. The van der Waals surface area contributed by atoms with Crippen molar-refractivity contribution in [3.8, 4) is 11.5 Å². The van der Waals surface area contributed by atoms with Crippen molar-refractivity contribution in [2.45, 2.75) is 0 Å². The summed E-state index contributed by atoms with van der Waals surface area (Å²) in [5, 5.41) is 12.9. The van der Waals surface area contributed by atoms with E-state index in [2.05, 4.69) is 5.10 Å². The molecule has 0 amide bonds. The van der Waals surface area contributed by atoms with Crippen LogP contribution in [0.2, 0.25) is 5.02 Å². The number of ether oxygens (including phenoxy) is 1. The first-order valence-corrected chi connectivity index (χ1v) is 3.87. The Morgan fingerprint density at radius 1 is 1.62 bits per heavy atom. The highest BCUT2D eigenvalue weighted by Gasteiger charge is 2.09. The Morgan fingerprint density at radius 2 is 2.31 bits per heavy atom. The van der Waals surface area contributed by atoms with E-state index in [0.717, 1.165) is 0 Å². The number of halogens is 1. The van der Waals surface area contributed by atoms with Crippen LogP contribution in [-0.2, 0) is 0 Å². The molecular weight excluding hydrogens is 192 g/mol. The molecule has 0 aliphatic heterocycles. The van der Waals surface area contributed by atoms with E-state index < -0.39 is 0 Å². The van der Waals surface area contributed by atoms with Crippen LogP contribution in [0.25, 0.3) is 0 Å². The summed E-state index contributed by atoms with van der Waals surface area (Å²) in [6.07, 6.45) is 1.38. The minimum atomic E-state index is -0.0123. The molecule has 1 aromatic rings. The predicted octanol–water partition coefficient (Wildman–Crippen LogP) is 1.35. The van der Waals surface area contributed by atoms with E-state index in [4.69, 9.17) is 22.2 Å². The average Bonchev–Trinajstić information content (AvgIpc) is 2.11. The van der Waals surface area contributed by atoms with E-state index in [-0.39, 0.29) is 16.5 Å². The molecule has 0 aliphatic rings. The summed E-state index contributed by atoms with van der Waals surface area (Å²) in [5.41, 5.74) is 0.596. The number of nitrogens with two attached hydrogens (primary N) is 1. The predicted molar refractivity (Wildman–Crippen MR) is 51.5 cm³/mol. The molecule has 4 nitrogen and oxygen atoms in total. The van der Waals surface area contributed by atoms with Gasteiger partial charge in [-0.1, -0.05) is 11.6 Å². The normalized spacial score (nSPS) is 10.6. The van der Waals surface area contributed by atoms with Gasteiger partial charge in [0.2, 0.25) is 0 Å². The summed E-state index contributed by atoms with van der Waals surface area (Å²) >= 11 is 5.86. The van der Waals surface area contributed by atoms with Gasteiger partial charge in [-0.25, -0.2) is 0 Å². The molecule has 0 heterocycles. The molecule has 0 fully saturated rings. The molecule has 0 aromatic heterocycles. The van der Waals surface area contributed by atoms with E-state index in [9.17, 15) is 5.11 Å². The molecule has 1 aromatic carbocycles. The lowest BCUT2D eigenvalue weighted by Crippen LogP contribution is -1.91. The van der Waals surface area contributed by atoms with Gasteiger partial charge < -0.3 is 15.7 Å². The van der Waals surface area contributed by atoms with Crippen LogP contribution in [0.1, 0.15) is 5.56 Å². The Labute approximate surface area is 80.6 Å². The van der Waals surface area contributed by atoms with Gasteiger partial charge in [-0.2, -0.15) is 5.10 Å². The van der Waals surface area contributed by atoms with Gasteiger partial charge in [0.1, 0.15) is 0 Å². The lowest BCUT2D eigenvalue weighted by Gasteiger charge is -2.06. The van der Waals surface area contributed by atoms with Gasteiger partial charge in [-0.05, 0) is 12.1 Å². The van der Waals surface area contributed by atoms with Crippen molar-refractivity contribution in [1.82, 2.24) is 0 Å². The summed E-state index contributed by atoms with van der Waals surface area (Å²) < 4.78 is 4.88. The number of rotatable bonds is 2. The lowest BCUT2D eigenvalue weighted by molar-refractivity contribution is 0.373. The monoisotopic (exact) mass is 200 g/mol. The molecule has 0 bridgehead atoms. The number of hydrogen-bond donors (Lipinski definition) is 2. The van der Waals surface area contributed by atoms with Crippen LogP contribution in [0.3, 0.4) is 0 Å². The van der Waals surface area contributed by atoms with Crippen LogP contribution < -0.4 is 10.6 Å². The van der Waals surface area contributed by atoms with E-state index in [1.165, 1.54) is 19.4 Å². The minimum absolute atomic E-state index is 0.0123. The Kier molecular flexibility index (Phi) is 2.97. The molecule has 0 aliphatic carbocycles. The van der Waals surface area contributed by atoms with Crippen molar-refractivity contribution in [1.29, 1.82) is 0 Å².